The molecule has 3 saturated heterocycles. The predicted molar refractivity (Wildman–Crippen MR) is 200 cm³/mol. The van der Waals surface area contributed by atoms with E-state index < -0.39 is 41.1 Å². The van der Waals surface area contributed by atoms with Crippen LogP contribution in [-0.2, 0) is 4.79 Å². The van der Waals surface area contributed by atoms with E-state index in [1.807, 2.05) is 0 Å². The van der Waals surface area contributed by atoms with Gasteiger partial charge in [0.1, 0.15) is 41.4 Å². The number of anilines is 1. The van der Waals surface area contributed by atoms with Crippen LogP contribution in [0.15, 0.2) is 54.6 Å². The first-order valence-corrected chi connectivity index (χ1v) is 18.2. The van der Waals surface area contributed by atoms with E-state index in [0.717, 1.165) is 25.5 Å². The van der Waals surface area contributed by atoms with Crippen molar-refractivity contribution in [1.29, 1.82) is 5.26 Å². The lowest BCUT2D eigenvalue weighted by Crippen LogP contribution is -2.55. The molecular formula is C41H35F4N9O2. The number of carbonyl (C=O) groups excluding carboxylic acids is 1. The first-order valence-electron chi connectivity index (χ1n) is 18.2. The molecular weight excluding hydrogens is 727 g/mol. The van der Waals surface area contributed by atoms with Gasteiger partial charge in [-0.15, -0.1) is 6.42 Å². The third-order valence-electron chi connectivity index (χ3n) is 10.9. The van der Waals surface area contributed by atoms with Gasteiger partial charge < -0.3 is 14.5 Å². The molecule has 56 heavy (non-hydrogen) atoms. The monoisotopic (exact) mass is 761 g/mol. The largest absolute Gasteiger partial charge is 0.461 e. The molecule has 11 nitrogen and oxygen atoms in total. The number of pyridine rings is 1. The normalized spacial score (nSPS) is 21.3. The van der Waals surface area contributed by atoms with Crippen LogP contribution >= 0.6 is 0 Å². The SMILES string of the molecule is C#Cc1c(F)ccc2cccc(-c3ncc4c(N5CCN(C(=O)/C(F)=C/c6ccnc(C)n6)[C@@H](CC#N)C5)nc(OC[C@@]56CCCN5C[C@H](F)C6)nc4c3F)c12. The van der Waals surface area contributed by atoms with Crippen LogP contribution in [0.5, 0.6) is 6.01 Å². The maximum absolute atomic E-state index is 17.0. The molecule has 2 aromatic carbocycles. The zero-order valence-corrected chi connectivity index (χ0v) is 30.4. The number of fused-ring (bicyclic) bond motifs is 3. The van der Waals surface area contributed by atoms with E-state index in [4.69, 9.17) is 16.1 Å². The van der Waals surface area contributed by atoms with Gasteiger partial charge in [-0.25, -0.2) is 27.5 Å². The number of nitriles is 1. The Labute approximate surface area is 319 Å². The minimum atomic E-state index is -1.05. The molecule has 284 valence electrons. The average molecular weight is 762 g/mol. The Morgan fingerprint density at radius 3 is 2.77 bits per heavy atom. The number of ether oxygens (including phenoxy) is 1. The van der Waals surface area contributed by atoms with E-state index >= 15 is 8.78 Å². The second-order valence-corrected chi connectivity index (χ2v) is 14.3. The molecule has 3 aliphatic heterocycles. The summed E-state index contributed by atoms with van der Waals surface area (Å²) >= 11 is 0. The smallest absolute Gasteiger partial charge is 0.319 e. The van der Waals surface area contributed by atoms with Gasteiger partial charge in [0.15, 0.2) is 11.6 Å². The van der Waals surface area contributed by atoms with Crippen molar-refractivity contribution in [3.63, 3.8) is 0 Å². The van der Waals surface area contributed by atoms with E-state index in [0.29, 0.717) is 29.6 Å². The second-order valence-electron chi connectivity index (χ2n) is 14.3. The van der Waals surface area contributed by atoms with Crippen molar-refractivity contribution in [2.45, 2.75) is 50.4 Å². The highest BCUT2D eigenvalue weighted by atomic mass is 19.1. The van der Waals surface area contributed by atoms with E-state index in [2.05, 4.69) is 36.8 Å². The highest BCUT2D eigenvalue weighted by Gasteiger charge is 2.49. The second kappa shape index (κ2) is 14.8. The lowest BCUT2D eigenvalue weighted by atomic mass is 9.95. The lowest BCUT2D eigenvalue weighted by Gasteiger charge is -2.41. The number of alkyl halides is 1. The first kappa shape index (κ1) is 36.8. The van der Waals surface area contributed by atoms with Gasteiger partial charge in [-0.1, -0.05) is 30.2 Å². The molecule has 0 saturated carbocycles. The van der Waals surface area contributed by atoms with E-state index in [9.17, 15) is 18.8 Å². The van der Waals surface area contributed by atoms with Crippen LogP contribution in [0.3, 0.4) is 0 Å². The summed E-state index contributed by atoms with van der Waals surface area (Å²) < 4.78 is 68.2. The Morgan fingerprint density at radius 1 is 1.11 bits per heavy atom. The van der Waals surface area contributed by atoms with Crippen molar-refractivity contribution in [2.75, 3.05) is 44.2 Å². The highest BCUT2D eigenvalue weighted by molar-refractivity contribution is 6.02. The Bertz CT molecular complexity index is 2500. The number of hydrogen-bond acceptors (Lipinski definition) is 10. The Kier molecular flexibility index (Phi) is 9.72. The lowest BCUT2D eigenvalue weighted by molar-refractivity contribution is -0.131. The molecule has 3 aliphatic rings. The summed E-state index contributed by atoms with van der Waals surface area (Å²) in [5.41, 5.74) is -0.390. The van der Waals surface area contributed by atoms with Crippen molar-refractivity contribution >= 4 is 39.5 Å². The van der Waals surface area contributed by atoms with Crippen molar-refractivity contribution in [1.82, 2.24) is 34.7 Å². The number of rotatable bonds is 8. The molecule has 0 aliphatic carbocycles. The van der Waals surface area contributed by atoms with Crippen molar-refractivity contribution in [3.05, 3.63) is 83.3 Å². The van der Waals surface area contributed by atoms with Crippen molar-refractivity contribution < 1.29 is 27.1 Å². The van der Waals surface area contributed by atoms with Crippen LogP contribution in [0.1, 0.15) is 42.8 Å². The Hall–Kier alpha value is -6.19. The molecule has 0 bridgehead atoms. The fraction of sp³-hybridized carbons (Fsp3) is 0.341. The summed E-state index contributed by atoms with van der Waals surface area (Å²) in [7, 11) is 0. The zero-order chi connectivity index (χ0) is 39.1. The van der Waals surface area contributed by atoms with E-state index in [-0.39, 0.29) is 77.9 Å². The fourth-order valence-electron chi connectivity index (χ4n) is 8.33. The molecule has 3 fully saturated rings. The number of piperazine rings is 1. The maximum atomic E-state index is 17.0. The quantitative estimate of drug-likeness (QED) is 0.104. The van der Waals surface area contributed by atoms with Gasteiger partial charge >= 0.3 is 6.01 Å². The Morgan fingerprint density at radius 2 is 1.96 bits per heavy atom. The summed E-state index contributed by atoms with van der Waals surface area (Å²) in [6.45, 7) is 2.91. The number of terminal acetylenes is 1. The number of hydrogen-bond donors (Lipinski definition) is 0. The van der Waals surface area contributed by atoms with Gasteiger partial charge in [-0.3, -0.25) is 14.7 Å². The molecule has 1 amide bonds. The van der Waals surface area contributed by atoms with Crippen molar-refractivity contribution in [3.8, 4) is 35.7 Å². The molecule has 3 aromatic heterocycles. The zero-order valence-electron chi connectivity index (χ0n) is 30.4. The Balaban J connectivity index is 1.19. The van der Waals surface area contributed by atoms with Gasteiger partial charge in [0.2, 0.25) is 0 Å². The average Bonchev–Trinajstić information content (AvgIpc) is 3.72. The number of aromatic nitrogens is 5. The standard InChI is InChI=1S/C41H35F4N9O2/c1-3-29-32(43)9-8-25-6-4-7-30(34(25)29)36-35(45)37-31(20-48-36)38(51-40(50-37)56-23-41-12-5-15-53(41)21-26(42)19-41)52-16-17-54(28(22-52)10-13-46)39(55)33(44)18-27-11-14-47-24(2)49-27/h1,4,6-9,11,14,18,20,26,28H,5,10,12,15-17,19,21-23H2,2H3/b33-18-/t26-,28+,41+/m1/s1. The topological polar surface area (TPSA) is 124 Å². The molecule has 15 heteroatoms. The maximum Gasteiger partial charge on any atom is 0.319 e. The van der Waals surface area contributed by atoms with Crippen LogP contribution in [-0.4, -0.2) is 97.7 Å². The third kappa shape index (κ3) is 6.62. The molecule has 0 N–H and O–H groups in total. The van der Waals surface area contributed by atoms with Crippen LogP contribution in [0.25, 0.3) is 39.0 Å². The van der Waals surface area contributed by atoms with Gasteiger partial charge in [0, 0.05) is 62.0 Å². The minimum Gasteiger partial charge on any atom is -0.461 e. The van der Waals surface area contributed by atoms with E-state index in [1.54, 1.807) is 36.1 Å². The van der Waals surface area contributed by atoms with Gasteiger partial charge in [0.05, 0.1) is 40.7 Å². The number of nitrogens with zero attached hydrogens (tertiary/aromatic N) is 9. The number of benzene rings is 2. The summed E-state index contributed by atoms with van der Waals surface area (Å²) in [6.07, 6.45) is 10.4. The van der Waals surface area contributed by atoms with Gasteiger partial charge in [0.25, 0.3) is 5.91 Å². The fourth-order valence-corrected chi connectivity index (χ4v) is 8.33. The van der Waals surface area contributed by atoms with E-state index in [1.165, 1.54) is 29.4 Å². The number of halogens is 4. The summed E-state index contributed by atoms with van der Waals surface area (Å²) in [6, 6.07) is 10.5. The first-order chi connectivity index (χ1) is 27.1. The van der Waals surface area contributed by atoms with Crippen LogP contribution < -0.4 is 9.64 Å². The molecule has 3 atom stereocenters. The summed E-state index contributed by atoms with van der Waals surface area (Å²) in [5.74, 6) is -0.420. The van der Waals surface area contributed by atoms with Crippen LogP contribution in [0, 0.1) is 42.2 Å². The minimum absolute atomic E-state index is 0.00266. The third-order valence-corrected chi connectivity index (χ3v) is 10.9. The predicted octanol–water partition coefficient (Wildman–Crippen LogP) is 6.10. The van der Waals surface area contributed by atoms with Crippen LogP contribution in [0.2, 0.25) is 0 Å². The van der Waals surface area contributed by atoms with Gasteiger partial charge in [-0.05, 0) is 43.8 Å². The van der Waals surface area contributed by atoms with Crippen molar-refractivity contribution in [2.24, 2.45) is 0 Å². The highest BCUT2D eigenvalue weighted by Crippen LogP contribution is 2.41. The number of aryl methyl sites for hydroxylation is 1. The molecule has 0 spiro atoms. The molecule has 5 aromatic rings. The summed E-state index contributed by atoms with van der Waals surface area (Å²) in [4.78, 5) is 40.4. The molecule has 0 unspecified atom stereocenters. The molecule has 8 rings (SSSR count). The number of carbonyl (C=O) groups is 1. The summed E-state index contributed by atoms with van der Waals surface area (Å²) in [5, 5.41) is 10.9. The van der Waals surface area contributed by atoms with Gasteiger partial charge in [-0.2, -0.15) is 15.2 Å². The van der Waals surface area contributed by atoms with Crippen LogP contribution in [0.4, 0.5) is 23.4 Å². The number of amides is 1. The molecule has 6 heterocycles. The molecule has 0 radical (unpaired) electrons.